The number of aliphatic carboxylic acids is 1. The maximum absolute atomic E-state index is 12.1. The molecule has 2 amide bonds. The molecule has 7 nitrogen and oxygen atoms in total. The lowest BCUT2D eigenvalue weighted by Gasteiger charge is -2.21. The number of amides is 2. The molecule has 0 spiro atoms. The lowest BCUT2D eigenvalue weighted by molar-refractivity contribution is -0.141. The molecular formula is C13H12BrN3O4. The summed E-state index contributed by atoms with van der Waals surface area (Å²) in [6, 6.07) is 4.97. The normalized spacial score (nSPS) is 20.9. The zero-order valence-corrected chi connectivity index (χ0v) is 12.4. The van der Waals surface area contributed by atoms with E-state index in [1.165, 1.54) is 0 Å². The van der Waals surface area contributed by atoms with E-state index >= 15 is 0 Å². The lowest BCUT2D eigenvalue weighted by atomic mass is 10.2. The van der Waals surface area contributed by atoms with Crippen LogP contribution in [-0.2, 0) is 4.79 Å². The third-order valence-electron chi connectivity index (χ3n) is 3.17. The highest BCUT2D eigenvalue weighted by molar-refractivity contribution is 9.10. The van der Waals surface area contributed by atoms with E-state index < -0.39 is 24.1 Å². The van der Waals surface area contributed by atoms with Crippen molar-refractivity contribution in [1.82, 2.24) is 4.90 Å². The number of aliphatic hydroxyl groups excluding tert-OH is 1. The van der Waals surface area contributed by atoms with Gasteiger partial charge in [0.2, 0.25) is 0 Å². The van der Waals surface area contributed by atoms with Crippen LogP contribution in [0, 0.1) is 11.3 Å². The Labute approximate surface area is 128 Å². The second-order valence-electron chi connectivity index (χ2n) is 4.63. The molecule has 1 saturated heterocycles. The maximum atomic E-state index is 12.1. The molecule has 0 saturated carbocycles. The van der Waals surface area contributed by atoms with Gasteiger partial charge in [-0.3, -0.25) is 0 Å². The molecule has 1 aliphatic rings. The lowest BCUT2D eigenvalue weighted by Crippen LogP contribution is -2.43. The quantitative estimate of drug-likeness (QED) is 0.742. The average molecular weight is 354 g/mol. The number of benzene rings is 1. The fraction of sp³-hybridized carbons (Fsp3) is 0.308. The third-order valence-corrected chi connectivity index (χ3v) is 3.66. The van der Waals surface area contributed by atoms with Gasteiger partial charge in [0.15, 0.2) is 0 Å². The summed E-state index contributed by atoms with van der Waals surface area (Å²) in [5.41, 5.74) is 0.542. The molecule has 110 valence electrons. The van der Waals surface area contributed by atoms with Crippen LogP contribution in [0.5, 0.6) is 0 Å². The number of hydrogen-bond acceptors (Lipinski definition) is 4. The van der Waals surface area contributed by atoms with E-state index in [2.05, 4.69) is 21.2 Å². The van der Waals surface area contributed by atoms with E-state index in [-0.39, 0.29) is 24.2 Å². The van der Waals surface area contributed by atoms with E-state index in [1.54, 1.807) is 18.2 Å². The van der Waals surface area contributed by atoms with Crippen molar-refractivity contribution in [3.63, 3.8) is 0 Å². The summed E-state index contributed by atoms with van der Waals surface area (Å²) in [5.74, 6) is -1.17. The minimum absolute atomic E-state index is 0.00576. The number of likely N-dealkylation sites (tertiary alicyclic amines) is 1. The van der Waals surface area contributed by atoms with E-state index in [0.29, 0.717) is 4.47 Å². The first-order chi connectivity index (χ1) is 9.92. The van der Waals surface area contributed by atoms with Crippen molar-refractivity contribution in [3.05, 3.63) is 28.2 Å². The van der Waals surface area contributed by atoms with Gasteiger partial charge in [-0.25, -0.2) is 9.59 Å². The number of carboxylic acids is 1. The number of carbonyl (C=O) groups excluding carboxylic acids is 1. The first-order valence-corrected chi connectivity index (χ1v) is 6.90. The number of nitrogens with zero attached hydrogens (tertiary/aromatic N) is 2. The highest BCUT2D eigenvalue weighted by atomic mass is 79.9. The number of urea groups is 1. The SMILES string of the molecule is N#Cc1cc(Br)ccc1NC(=O)N1C[C@H](O)C[C@@H]1C(=O)O. The largest absolute Gasteiger partial charge is 0.480 e. The van der Waals surface area contributed by atoms with Gasteiger partial charge in [0.1, 0.15) is 12.1 Å². The number of rotatable bonds is 2. The van der Waals surface area contributed by atoms with Crippen molar-refractivity contribution in [3.8, 4) is 6.07 Å². The van der Waals surface area contributed by atoms with Crippen molar-refractivity contribution in [2.45, 2.75) is 18.6 Å². The van der Waals surface area contributed by atoms with Gasteiger partial charge in [-0.15, -0.1) is 0 Å². The van der Waals surface area contributed by atoms with Crippen LogP contribution < -0.4 is 5.32 Å². The van der Waals surface area contributed by atoms with Crippen LogP contribution in [0.25, 0.3) is 0 Å². The molecule has 1 heterocycles. The van der Waals surface area contributed by atoms with E-state index in [1.807, 2.05) is 6.07 Å². The fourth-order valence-electron chi connectivity index (χ4n) is 2.18. The number of carbonyl (C=O) groups is 2. The molecule has 0 bridgehead atoms. The number of nitrogens with one attached hydrogen (secondary N) is 1. The molecule has 0 aliphatic carbocycles. The zero-order chi connectivity index (χ0) is 15.6. The number of anilines is 1. The summed E-state index contributed by atoms with van der Waals surface area (Å²) in [6.07, 6.45) is -0.869. The predicted octanol–water partition coefficient (Wildman–Crippen LogP) is 1.37. The van der Waals surface area contributed by atoms with Crippen LogP contribution in [0.3, 0.4) is 0 Å². The average Bonchev–Trinajstić information content (AvgIpc) is 2.83. The van der Waals surface area contributed by atoms with Crippen LogP contribution >= 0.6 is 15.9 Å². The number of carboxylic acid groups (broad SMARTS) is 1. The standard InChI is InChI=1S/C13H12BrN3O4/c14-8-1-2-10(7(3-8)5-15)16-13(21)17-6-9(18)4-11(17)12(19)20/h1-3,9,11,18H,4,6H2,(H,16,21)(H,19,20)/t9-,11-/m1/s1. The molecule has 2 rings (SSSR count). The molecular weight excluding hydrogens is 342 g/mol. The minimum Gasteiger partial charge on any atom is -0.480 e. The molecule has 21 heavy (non-hydrogen) atoms. The smallest absolute Gasteiger partial charge is 0.326 e. The molecule has 1 aliphatic heterocycles. The van der Waals surface area contributed by atoms with Gasteiger partial charge in [0.25, 0.3) is 0 Å². The molecule has 0 aromatic heterocycles. The van der Waals surface area contributed by atoms with Crippen molar-refractivity contribution >= 4 is 33.6 Å². The molecule has 2 atom stereocenters. The van der Waals surface area contributed by atoms with Crippen LogP contribution in [0.1, 0.15) is 12.0 Å². The van der Waals surface area contributed by atoms with Crippen LogP contribution in [-0.4, -0.2) is 45.8 Å². The molecule has 8 heteroatoms. The fourth-order valence-corrected chi connectivity index (χ4v) is 2.54. The molecule has 1 aromatic carbocycles. The highest BCUT2D eigenvalue weighted by Gasteiger charge is 2.39. The van der Waals surface area contributed by atoms with Gasteiger partial charge in [0.05, 0.1) is 17.4 Å². The van der Waals surface area contributed by atoms with E-state index in [4.69, 9.17) is 10.4 Å². The van der Waals surface area contributed by atoms with Crippen molar-refractivity contribution < 1.29 is 19.8 Å². The second-order valence-corrected chi connectivity index (χ2v) is 5.54. The van der Waals surface area contributed by atoms with Gasteiger partial charge in [-0.1, -0.05) is 15.9 Å². The minimum atomic E-state index is -1.17. The van der Waals surface area contributed by atoms with Gasteiger partial charge >= 0.3 is 12.0 Å². The van der Waals surface area contributed by atoms with Crippen LogP contribution in [0.4, 0.5) is 10.5 Å². The Morgan fingerprint density at radius 1 is 1.48 bits per heavy atom. The summed E-state index contributed by atoms with van der Waals surface area (Å²) >= 11 is 3.22. The molecule has 1 fully saturated rings. The Kier molecular flexibility index (Phi) is 4.45. The molecule has 3 N–H and O–H groups in total. The maximum Gasteiger partial charge on any atom is 0.326 e. The summed E-state index contributed by atoms with van der Waals surface area (Å²) in [7, 11) is 0. The second kappa shape index (κ2) is 6.11. The molecule has 1 aromatic rings. The number of nitriles is 1. The van der Waals surface area contributed by atoms with Crippen LogP contribution in [0.15, 0.2) is 22.7 Å². The van der Waals surface area contributed by atoms with Crippen LogP contribution in [0.2, 0.25) is 0 Å². The Bertz CT molecular complexity index is 628. The number of halogens is 1. The van der Waals surface area contributed by atoms with E-state index in [0.717, 1.165) is 4.90 Å². The van der Waals surface area contributed by atoms with Crippen molar-refractivity contribution in [1.29, 1.82) is 5.26 Å². The highest BCUT2D eigenvalue weighted by Crippen LogP contribution is 2.23. The first kappa shape index (κ1) is 15.3. The first-order valence-electron chi connectivity index (χ1n) is 6.10. The summed E-state index contributed by atoms with van der Waals surface area (Å²) in [6.45, 7) is -0.0544. The van der Waals surface area contributed by atoms with Gasteiger partial charge in [0, 0.05) is 17.4 Å². The summed E-state index contributed by atoms with van der Waals surface area (Å²) in [4.78, 5) is 24.3. The topological polar surface area (TPSA) is 114 Å². The Morgan fingerprint density at radius 2 is 2.19 bits per heavy atom. The summed E-state index contributed by atoms with van der Waals surface area (Å²) < 4.78 is 0.692. The zero-order valence-electron chi connectivity index (χ0n) is 10.8. The Morgan fingerprint density at radius 3 is 2.81 bits per heavy atom. The monoisotopic (exact) mass is 353 g/mol. The third kappa shape index (κ3) is 3.32. The number of hydrogen-bond donors (Lipinski definition) is 3. The van der Waals surface area contributed by atoms with Gasteiger partial charge < -0.3 is 20.4 Å². The Balaban J connectivity index is 2.18. The number of β-amino-alcohol motifs (C(OH)–C–C–N with tert-alkyl or cyclic N) is 1. The number of aliphatic hydroxyl groups is 1. The molecule has 0 radical (unpaired) electrons. The van der Waals surface area contributed by atoms with Crippen molar-refractivity contribution in [2.24, 2.45) is 0 Å². The molecule has 0 unspecified atom stereocenters. The Hall–Kier alpha value is -2.11. The van der Waals surface area contributed by atoms with E-state index in [9.17, 15) is 14.7 Å². The van der Waals surface area contributed by atoms with Gasteiger partial charge in [-0.2, -0.15) is 5.26 Å². The summed E-state index contributed by atoms with van der Waals surface area (Å²) in [5, 5.41) is 30.1. The van der Waals surface area contributed by atoms with Crippen molar-refractivity contribution in [2.75, 3.05) is 11.9 Å². The predicted molar refractivity (Wildman–Crippen MR) is 76.6 cm³/mol. The van der Waals surface area contributed by atoms with Gasteiger partial charge in [-0.05, 0) is 18.2 Å².